The maximum Gasteiger partial charge on any atom is 1.00 e. The summed E-state index contributed by atoms with van der Waals surface area (Å²) in [5.41, 5.74) is 1.96. The number of rotatable bonds is 3. The van der Waals surface area contributed by atoms with E-state index in [0.29, 0.717) is 12.5 Å². The van der Waals surface area contributed by atoms with Crippen LogP contribution < -0.4 is 24.0 Å². The van der Waals surface area contributed by atoms with Crippen molar-refractivity contribution in [2.24, 2.45) is 5.92 Å². The van der Waals surface area contributed by atoms with Gasteiger partial charge < -0.3 is 20.1 Å². The zero-order chi connectivity index (χ0) is 18.3. The van der Waals surface area contributed by atoms with Gasteiger partial charge in [-0.1, -0.05) is 31.1 Å². The first-order chi connectivity index (χ1) is 12.5. The molecule has 142 valence electrons. The van der Waals surface area contributed by atoms with Crippen molar-refractivity contribution in [3.8, 4) is 11.8 Å². The van der Waals surface area contributed by atoms with E-state index >= 15 is 0 Å². The molecule has 5 atom stereocenters. The molecule has 6 heteroatoms. The van der Waals surface area contributed by atoms with Gasteiger partial charge in [-0.3, -0.25) is 4.90 Å². The summed E-state index contributed by atoms with van der Waals surface area (Å²) in [6.45, 7) is 0. The molecule has 0 aromatic heterocycles. The number of hydrogen-bond donors (Lipinski definition) is 2. The molecular weight excluding hydrogens is 337 g/mol. The van der Waals surface area contributed by atoms with Crippen LogP contribution in [0.15, 0.2) is 11.1 Å². The van der Waals surface area contributed by atoms with E-state index in [9.17, 15) is 20.1 Å². The van der Waals surface area contributed by atoms with E-state index in [1.165, 1.54) is 24.8 Å². The molecule has 2 aliphatic carbocycles. The van der Waals surface area contributed by atoms with Gasteiger partial charge in [0.05, 0.1) is 6.10 Å². The minimum Gasteiger partial charge on any atom is -0.550 e. The maximum atomic E-state index is 11.0. The van der Waals surface area contributed by atoms with Crippen molar-refractivity contribution in [3.05, 3.63) is 11.1 Å². The molecule has 0 spiro atoms. The van der Waals surface area contributed by atoms with Crippen LogP contribution in [0.1, 0.15) is 64.2 Å². The van der Waals surface area contributed by atoms with Gasteiger partial charge in [0.25, 0.3) is 0 Å². The predicted molar refractivity (Wildman–Crippen MR) is 94.7 cm³/mol. The molecule has 4 rings (SSSR count). The smallest absolute Gasteiger partial charge is 0.550 e. The third-order valence-corrected chi connectivity index (χ3v) is 6.87. The molecule has 4 aliphatic rings. The number of hydrogen-bond acceptors (Lipinski definition) is 5. The fourth-order valence-corrected chi connectivity index (χ4v) is 5.65. The van der Waals surface area contributed by atoms with Gasteiger partial charge in [0.1, 0.15) is 6.10 Å². The molecule has 0 bridgehead atoms. The standard InChI is InChI=1S/C21H29NO4.Li/c23-19(13-4-2-1-3-5-13)9-8-16-17-10-14-6-7-15(11-21(25)26)22(14)18(17)12-20(16)24;/h13-15,18-20,23-24H,1-7,10-12H2,(H,25,26);/q;+1/p-1/t14-,15-,18-,19+,20+;/m0./s1. The number of aliphatic hydroxyl groups excluding tert-OH is 2. The molecule has 0 unspecified atom stereocenters. The molecular formula is C21H28LiNO4. The van der Waals surface area contributed by atoms with Crippen molar-refractivity contribution in [2.45, 2.75) is 94.5 Å². The van der Waals surface area contributed by atoms with Gasteiger partial charge in [-0.05, 0) is 50.0 Å². The SMILES string of the molecule is O=C([O-])C[C@@H]1CC[C@H]2CC3=C(C#C[C@@H](O)C4CCCCC4)[C@H](O)C[C@@H]3N12.[Li+]. The van der Waals surface area contributed by atoms with Gasteiger partial charge in [0.2, 0.25) is 0 Å². The quantitative estimate of drug-likeness (QED) is 0.436. The Labute approximate surface area is 173 Å². The minimum absolute atomic E-state index is 0. The van der Waals surface area contributed by atoms with Crippen LogP contribution in [0.4, 0.5) is 0 Å². The molecule has 27 heavy (non-hydrogen) atoms. The van der Waals surface area contributed by atoms with Gasteiger partial charge in [0, 0.05) is 36.1 Å². The Kier molecular flexibility index (Phi) is 6.78. The molecule has 2 aliphatic heterocycles. The Balaban J connectivity index is 0.00000210. The zero-order valence-corrected chi connectivity index (χ0v) is 16.2. The fourth-order valence-electron chi connectivity index (χ4n) is 5.65. The van der Waals surface area contributed by atoms with Gasteiger partial charge >= 0.3 is 18.9 Å². The van der Waals surface area contributed by atoms with E-state index in [1.807, 2.05) is 0 Å². The van der Waals surface area contributed by atoms with Crippen molar-refractivity contribution in [2.75, 3.05) is 0 Å². The Morgan fingerprint density at radius 2 is 1.96 bits per heavy atom. The van der Waals surface area contributed by atoms with E-state index in [-0.39, 0.29) is 43.3 Å². The normalized spacial score (nSPS) is 34.4. The van der Waals surface area contributed by atoms with Crippen molar-refractivity contribution < 1.29 is 39.0 Å². The van der Waals surface area contributed by atoms with Crippen LogP contribution in [0.25, 0.3) is 0 Å². The summed E-state index contributed by atoms with van der Waals surface area (Å²) in [6.07, 6.45) is 7.87. The summed E-state index contributed by atoms with van der Waals surface area (Å²) in [5, 5.41) is 32.0. The van der Waals surface area contributed by atoms with Crippen LogP contribution >= 0.6 is 0 Å². The number of carbonyl (C=O) groups is 1. The van der Waals surface area contributed by atoms with E-state index in [1.54, 1.807) is 0 Å². The van der Waals surface area contributed by atoms with Gasteiger partial charge in [-0.15, -0.1) is 0 Å². The average molecular weight is 365 g/mol. The summed E-state index contributed by atoms with van der Waals surface area (Å²) >= 11 is 0. The van der Waals surface area contributed by atoms with Gasteiger partial charge in [-0.25, -0.2) is 0 Å². The van der Waals surface area contributed by atoms with E-state index < -0.39 is 18.2 Å². The third kappa shape index (κ3) is 4.16. The Hall–Kier alpha value is -0.753. The van der Waals surface area contributed by atoms with Gasteiger partial charge in [-0.2, -0.15) is 0 Å². The molecule has 2 saturated heterocycles. The van der Waals surface area contributed by atoms with Crippen LogP contribution in [0.2, 0.25) is 0 Å². The largest absolute Gasteiger partial charge is 1.00 e. The number of carbonyl (C=O) groups excluding carboxylic acids is 1. The third-order valence-electron chi connectivity index (χ3n) is 6.87. The Morgan fingerprint density at radius 1 is 1.22 bits per heavy atom. The number of carboxylic acid groups (broad SMARTS) is 1. The van der Waals surface area contributed by atoms with E-state index in [2.05, 4.69) is 16.7 Å². The molecule has 5 nitrogen and oxygen atoms in total. The zero-order valence-electron chi connectivity index (χ0n) is 16.2. The summed E-state index contributed by atoms with van der Waals surface area (Å²) < 4.78 is 0. The molecule has 0 aromatic rings. The van der Waals surface area contributed by atoms with Crippen molar-refractivity contribution in [1.82, 2.24) is 4.90 Å². The minimum atomic E-state index is -0.998. The molecule has 1 saturated carbocycles. The van der Waals surface area contributed by atoms with Gasteiger partial charge in [0.15, 0.2) is 0 Å². The topological polar surface area (TPSA) is 83.8 Å². The first-order valence-electron chi connectivity index (χ1n) is 10.1. The van der Waals surface area contributed by atoms with E-state index in [0.717, 1.165) is 37.7 Å². The molecule has 2 N–H and O–H groups in total. The number of nitrogens with zero attached hydrogens (tertiary/aromatic N) is 1. The average Bonchev–Trinajstić information content (AvgIpc) is 3.24. The molecule has 0 amide bonds. The first kappa shape index (κ1) is 21.0. The summed E-state index contributed by atoms with van der Waals surface area (Å²) in [7, 11) is 0. The predicted octanol–water partition coefficient (Wildman–Crippen LogP) is -2.26. The summed E-state index contributed by atoms with van der Waals surface area (Å²) in [5.74, 6) is 5.39. The second-order valence-corrected chi connectivity index (χ2v) is 8.43. The van der Waals surface area contributed by atoms with Crippen molar-refractivity contribution in [3.63, 3.8) is 0 Å². The molecule has 0 aromatic carbocycles. The number of aliphatic hydroxyl groups is 2. The summed E-state index contributed by atoms with van der Waals surface area (Å²) in [6, 6.07) is 0.490. The van der Waals surface area contributed by atoms with Crippen LogP contribution in [0, 0.1) is 17.8 Å². The Morgan fingerprint density at radius 3 is 2.67 bits per heavy atom. The molecule has 3 fully saturated rings. The molecule has 0 radical (unpaired) electrons. The van der Waals surface area contributed by atoms with Crippen LogP contribution in [-0.2, 0) is 4.79 Å². The maximum absolute atomic E-state index is 11.0. The Bertz CT molecular complexity index is 661. The van der Waals surface area contributed by atoms with Crippen LogP contribution in [0.3, 0.4) is 0 Å². The number of fused-ring (bicyclic) bond motifs is 3. The second-order valence-electron chi connectivity index (χ2n) is 8.43. The number of aliphatic carboxylic acids is 1. The van der Waals surface area contributed by atoms with Crippen molar-refractivity contribution >= 4 is 5.97 Å². The monoisotopic (exact) mass is 365 g/mol. The number of carboxylic acids is 1. The van der Waals surface area contributed by atoms with Crippen LogP contribution in [0.5, 0.6) is 0 Å². The van der Waals surface area contributed by atoms with Crippen molar-refractivity contribution in [1.29, 1.82) is 0 Å². The van der Waals surface area contributed by atoms with Crippen LogP contribution in [-0.4, -0.2) is 51.4 Å². The molecule has 2 heterocycles. The second kappa shape index (κ2) is 8.72. The fraction of sp³-hybridized carbons (Fsp3) is 0.762. The first-order valence-corrected chi connectivity index (χ1v) is 10.1. The van der Waals surface area contributed by atoms with E-state index in [4.69, 9.17) is 0 Å². The summed E-state index contributed by atoms with van der Waals surface area (Å²) in [4.78, 5) is 13.3.